The maximum atomic E-state index is 12.0. The zero-order valence-electron chi connectivity index (χ0n) is 10.1. The van der Waals surface area contributed by atoms with Crippen LogP contribution in [0.15, 0.2) is 30.3 Å². The minimum Gasteiger partial charge on any atom is -0.377 e. The highest BCUT2D eigenvalue weighted by Crippen LogP contribution is 2.08. The molecule has 1 aliphatic heterocycles. The van der Waals surface area contributed by atoms with Gasteiger partial charge in [0.1, 0.15) is 0 Å². The third-order valence-corrected chi connectivity index (χ3v) is 2.91. The standard InChI is InChI=1S/C13H18N2O2/c1-11-10-17-8-7-15(11)13(16)9-14-12-5-3-2-4-6-12/h2-6,11,14H,7-10H2,1H3. The second kappa shape index (κ2) is 5.68. The summed E-state index contributed by atoms with van der Waals surface area (Å²) in [5.41, 5.74) is 0.974. The van der Waals surface area contributed by atoms with Crippen molar-refractivity contribution >= 4 is 11.6 Å². The van der Waals surface area contributed by atoms with Gasteiger partial charge in [-0.3, -0.25) is 4.79 Å². The fraction of sp³-hybridized carbons (Fsp3) is 0.462. The molecule has 0 aromatic heterocycles. The van der Waals surface area contributed by atoms with E-state index in [9.17, 15) is 4.79 Å². The van der Waals surface area contributed by atoms with Gasteiger partial charge in [0.25, 0.3) is 0 Å². The van der Waals surface area contributed by atoms with Crippen molar-refractivity contribution in [3.05, 3.63) is 30.3 Å². The van der Waals surface area contributed by atoms with Gasteiger partial charge in [0.15, 0.2) is 0 Å². The van der Waals surface area contributed by atoms with Crippen LogP contribution in [-0.2, 0) is 9.53 Å². The summed E-state index contributed by atoms with van der Waals surface area (Å²) in [6.45, 7) is 4.32. The van der Waals surface area contributed by atoms with Crippen molar-refractivity contribution in [2.75, 3.05) is 31.6 Å². The van der Waals surface area contributed by atoms with Crippen LogP contribution in [-0.4, -0.2) is 43.2 Å². The molecule has 17 heavy (non-hydrogen) atoms. The molecule has 1 unspecified atom stereocenters. The third kappa shape index (κ3) is 3.20. The highest BCUT2D eigenvalue weighted by molar-refractivity contribution is 5.81. The first-order valence-electron chi connectivity index (χ1n) is 5.93. The smallest absolute Gasteiger partial charge is 0.242 e. The Morgan fingerprint density at radius 3 is 2.94 bits per heavy atom. The summed E-state index contributed by atoms with van der Waals surface area (Å²) < 4.78 is 5.31. The van der Waals surface area contributed by atoms with Crippen LogP contribution in [0.2, 0.25) is 0 Å². The number of morpholine rings is 1. The normalized spacial score (nSPS) is 20.1. The van der Waals surface area contributed by atoms with Crippen LogP contribution in [0.3, 0.4) is 0 Å². The van der Waals surface area contributed by atoms with Gasteiger partial charge >= 0.3 is 0 Å². The van der Waals surface area contributed by atoms with Crippen LogP contribution in [0.1, 0.15) is 6.92 Å². The number of hydrogen-bond acceptors (Lipinski definition) is 3. The molecule has 1 aromatic carbocycles. The monoisotopic (exact) mass is 234 g/mol. The SMILES string of the molecule is CC1COCCN1C(=O)CNc1ccccc1. The van der Waals surface area contributed by atoms with Crippen molar-refractivity contribution < 1.29 is 9.53 Å². The average Bonchev–Trinajstić information content (AvgIpc) is 2.38. The van der Waals surface area contributed by atoms with Crippen LogP contribution in [0.5, 0.6) is 0 Å². The van der Waals surface area contributed by atoms with Gasteiger partial charge in [-0.25, -0.2) is 0 Å². The average molecular weight is 234 g/mol. The lowest BCUT2D eigenvalue weighted by Gasteiger charge is -2.33. The summed E-state index contributed by atoms with van der Waals surface area (Å²) in [6, 6.07) is 9.94. The zero-order chi connectivity index (χ0) is 12.1. The minimum absolute atomic E-state index is 0.129. The Morgan fingerprint density at radius 2 is 2.24 bits per heavy atom. The predicted octanol–water partition coefficient (Wildman–Crippen LogP) is 1.35. The fourth-order valence-electron chi connectivity index (χ4n) is 1.93. The van der Waals surface area contributed by atoms with E-state index in [1.807, 2.05) is 42.2 Å². The number of amides is 1. The number of carbonyl (C=O) groups is 1. The first-order chi connectivity index (χ1) is 8.27. The van der Waals surface area contributed by atoms with Crippen LogP contribution in [0, 0.1) is 0 Å². The molecule has 0 saturated carbocycles. The number of nitrogens with zero attached hydrogens (tertiary/aromatic N) is 1. The quantitative estimate of drug-likeness (QED) is 0.858. The third-order valence-electron chi connectivity index (χ3n) is 2.91. The molecule has 1 saturated heterocycles. The number of anilines is 1. The number of benzene rings is 1. The highest BCUT2D eigenvalue weighted by Gasteiger charge is 2.23. The summed E-state index contributed by atoms with van der Waals surface area (Å²) in [5, 5.41) is 3.13. The molecule has 92 valence electrons. The van der Waals surface area contributed by atoms with Crippen molar-refractivity contribution in [3.8, 4) is 0 Å². The molecule has 4 heteroatoms. The van der Waals surface area contributed by atoms with Crippen LogP contribution < -0.4 is 5.32 Å². The van der Waals surface area contributed by atoms with E-state index in [1.165, 1.54) is 0 Å². The molecule has 1 atom stereocenters. The van der Waals surface area contributed by atoms with Crippen molar-refractivity contribution in [3.63, 3.8) is 0 Å². The Hall–Kier alpha value is -1.55. The molecule has 0 radical (unpaired) electrons. The van der Waals surface area contributed by atoms with Crippen LogP contribution >= 0.6 is 0 Å². The lowest BCUT2D eigenvalue weighted by Crippen LogP contribution is -2.49. The molecule has 1 aliphatic rings. The van der Waals surface area contributed by atoms with E-state index < -0.39 is 0 Å². The Bertz CT molecular complexity index is 367. The van der Waals surface area contributed by atoms with E-state index in [1.54, 1.807) is 0 Å². The summed E-state index contributed by atoms with van der Waals surface area (Å²) >= 11 is 0. The van der Waals surface area contributed by atoms with Gasteiger partial charge in [0.2, 0.25) is 5.91 Å². The number of hydrogen-bond donors (Lipinski definition) is 1. The number of para-hydroxylation sites is 1. The summed E-state index contributed by atoms with van der Waals surface area (Å²) in [5.74, 6) is 0.129. The number of rotatable bonds is 3. The molecule has 1 fully saturated rings. The lowest BCUT2D eigenvalue weighted by molar-refractivity contribution is -0.137. The number of ether oxygens (including phenoxy) is 1. The summed E-state index contributed by atoms with van der Waals surface area (Å²) in [4.78, 5) is 13.9. The second-order valence-corrected chi connectivity index (χ2v) is 4.23. The van der Waals surface area contributed by atoms with Gasteiger partial charge in [-0.05, 0) is 19.1 Å². The van der Waals surface area contributed by atoms with E-state index in [4.69, 9.17) is 4.74 Å². The molecule has 0 spiro atoms. The molecule has 0 bridgehead atoms. The van der Waals surface area contributed by atoms with Gasteiger partial charge in [0, 0.05) is 12.2 Å². The molecule has 1 aromatic rings. The maximum Gasteiger partial charge on any atom is 0.242 e. The van der Waals surface area contributed by atoms with E-state index >= 15 is 0 Å². The molecule has 1 heterocycles. The minimum atomic E-state index is 0.129. The molecule has 0 aliphatic carbocycles. The molecule has 2 rings (SSSR count). The molecule has 1 amide bonds. The van der Waals surface area contributed by atoms with Gasteiger partial charge < -0.3 is 15.0 Å². The van der Waals surface area contributed by atoms with Crippen LogP contribution in [0.25, 0.3) is 0 Å². The maximum absolute atomic E-state index is 12.0. The second-order valence-electron chi connectivity index (χ2n) is 4.23. The zero-order valence-corrected chi connectivity index (χ0v) is 10.1. The van der Waals surface area contributed by atoms with E-state index in [2.05, 4.69) is 5.32 Å². The van der Waals surface area contributed by atoms with Gasteiger partial charge in [0.05, 0.1) is 25.8 Å². The molecular formula is C13H18N2O2. The first kappa shape index (κ1) is 11.9. The molecule has 1 N–H and O–H groups in total. The highest BCUT2D eigenvalue weighted by atomic mass is 16.5. The first-order valence-corrected chi connectivity index (χ1v) is 5.93. The number of nitrogens with one attached hydrogen (secondary N) is 1. The molecule has 4 nitrogen and oxygen atoms in total. The number of carbonyl (C=O) groups excluding carboxylic acids is 1. The van der Waals surface area contributed by atoms with E-state index in [0.717, 1.165) is 5.69 Å². The van der Waals surface area contributed by atoms with Crippen molar-refractivity contribution in [1.82, 2.24) is 4.90 Å². The van der Waals surface area contributed by atoms with Crippen molar-refractivity contribution in [2.24, 2.45) is 0 Å². The van der Waals surface area contributed by atoms with Crippen molar-refractivity contribution in [2.45, 2.75) is 13.0 Å². The van der Waals surface area contributed by atoms with Gasteiger partial charge in [-0.2, -0.15) is 0 Å². The lowest BCUT2D eigenvalue weighted by atomic mass is 10.2. The Labute approximate surface area is 102 Å². The summed E-state index contributed by atoms with van der Waals surface area (Å²) in [7, 11) is 0. The van der Waals surface area contributed by atoms with Crippen LogP contribution in [0.4, 0.5) is 5.69 Å². The largest absolute Gasteiger partial charge is 0.377 e. The van der Waals surface area contributed by atoms with E-state index in [0.29, 0.717) is 26.3 Å². The van der Waals surface area contributed by atoms with Gasteiger partial charge in [-0.15, -0.1) is 0 Å². The van der Waals surface area contributed by atoms with E-state index in [-0.39, 0.29) is 11.9 Å². The predicted molar refractivity (Wildman–Crippen MR) is 66.9 cm³/mol. The Balaban J connectivity index is 1.84. The fourth-order valence-corrected chi connectivity index (χ4v) is 1.93. The molecular weight excluding hydrogens is 216 g/mol. The topological polar surface area (TPSA) is 41.6 Å². The van der Waals surface area contributed by atoms with Crippen molar-refractivity contribution in [1.29, 1.82) is 0 Å². The Morgan fingerprint density at radius 1 is 1.47 bits per heavy atom. The summed E-state index contributed by atoms with van der Waals surface area (Å²) in [6.07, 6.45) is 0. The van der Waals surface area contributed by atoms with Gasteiger partial charge in [-0.1, -0.05) is 18.2 Å². The Kier molecular flexibility index (Phi) is 3.98.